The van der Waals surface area contributed by atoms with Gasteiger partial charge < -0.3 is 5.32 Å². The van der Waals surface area contributed by atoms with Crippen molar-refractivity contribution < 1.29 is 0 Å². The quantitative estimate of drug-likeness (QED) is 0.469. The van der Waals surface area contributed by atoms with Crippen molar-refractivity contribution in [3.63, 3.8) is 0 Å². The molecule has 0 atom stereocenters. The zero-order valence-corrected chi connectivity index (χ0v) is 19.7. The van der Waals surface area contributed by atoms with Gasteiger partial charge in [0, 0.05) is 38.0 Å². The molecule has 1 N–H and O–H groups in total. The molecule has 0 saturated carbocycles. The van der Waals surface area contributed by atoms with Crippen LogP contribution in [0.4, 0.5) is 5.82 Å². The van der Waals surface area contributed by atoms with E-state index in [0.29, 0.717) is 23.3 Å². The maximum Gasteiger partial charge on any atom is 0.331 e. The van der Waals surface area contributed by atoms with E-state index < -0.39 is 0 Å². The maximum atomic E-state index is 13.3. The second kappa shape index (κ2) is 9.00. The molecule has 2 aromatic carbocycles. The second-order valence-electron chi connectivity index (χ2n) is 9.10. The Balaban J connectivity index is 1.54. The number of aromatic nitrogens is 3. The lowest BCUT2D eigenvalue weighted by molar-refractivity contribution is 0.226. The number of pyridine rings is 1. The molecular formula is C27H30N5O2+. The Morgan fingerprint density at radius 2 is 1.74 bits per heavy atom. The SMILES string of the molecule is Cc1ccccc1-c1cc(=O)n(CC[N+]2(c3nccc4ccccc34)CCNCC2)c(=O)n1C. The molecule has 0 unspecified atom stereocenters. The number of quaternary nitrogens is 1. The van der Waals surface area contributed by atoms with E-state index in [-0.39, 0.29) is 11.2 Å². The minimum atomic E-state index is -0.287. The third-order valence-electron chi connectivity index (χ3n) is 7.11. The van der Waals surface area contributed by atoms with Gasteiger partial charge in [-0.3, -0.25) is 18.4 Å². The number of fused-ring (bicyclic) bond motifs is 1. The monoisotopic (exact) mass is 456 g/mol. The first-order valence-electron chi connectivity index (χ1n) is 11.8. The third kappa shape index (κ3) is 3.87. The second-order valence-corrected chi connectivity index (χ2v) is 9.10. The van der Waals surface area contributed by atoms with Gasteiger partial charge in [-0.2, -0.15) is 0 Å². The molecule has 7 heteroatoms. The fraction of sp³-hybridized carbons (Fsp3) is 0.296. The largest absolute Gasteiger partial charge is 0.331 e. The van der Waals surface area contributed by atoms with Gasteiger partial charge in [0.15, 0.2) is 0 Å². The first-order chi connectivity index (χ1) is 16.5. The molecule has 0 aliphatic carbocycles. The molecule has 1 aliphatic rings. The standard InChI is InChI=1S/C27H30N5O2/c1-20-7-3-5-9-22(20)24-19-25(33)31(27(34)30(24)2)15-18-32(16-13-28-14-17-32)26-23-10-6-4-8-21(23)11-12-29-26/h3-12,19,28H,13-18H2,1-2H3/q+1. The highest BCUT2D eigenvalue weighted by molar-refractivity contribution is 5.91. The van der Waals surface area contributed by atoms with Crippen LogP contribution in [0.2, 0.25) is 0 Å². The normalized spacial score (nSPS) is 15.5. The third-order valence-corrected chi connectivity index (χ3v) is 7.11. The summed E-state index contributed by atoms with van der Waals surface area (Å²) in [5.41, 5.74) is 2.02. The van der Waals surface area contributed by atoms with Crippen molar-refractivity contribution in [1.29, 1.82) is 0 Å². The molecule has 34 heavy (non-hydrogen) atoms. The summed E-state index contributed by atoms with van der Waals surface area (Å²) in [4.78, 5) is 31.3. The van der Waals surface area contributed by atoms with Crippen LogP contribution in [0.3, 0.4) is 0 Å². The van der Waals surface area contributed by atoms with Crippen LogP contribution in [-0.2, 0) is 13.6 Å². The molecule has 7 nitrogen and oxygen atoms in total. The van der Waals surface area contributed by atoms with Crippen molar-refractivity contribution in [2.24, 2.45) is 7.05 Å². The molecule has 5 rings (SSSR count). The van der Waals surface area contributed by atoms with Crippen LogP contribution >= 0.6 is 0 Å². The number of nitrogens with one attached hydrogen (secondary N) is 1. The Labute approximate surface area is 198 Å². The van der Waals surface area contributed by atoms with Crippen molar-refractivity contribution in [1.82, 2.24) is 23.9 Å². The minimum absolute atomic E-state index is 0.263. The molecule has 174 valence electrons. The van der Waals surface area contributed by atoms with E-state index in [1.165, 1.54) is 4.57 Å². The van der Waals surface area contributed by atoms with E-state index in [1.54, 1.807) is 17.7 Å². The Morgan fingerprint density at radius 1 is 1.00 bits per heavy atom. The molecule has 1 aliphatic heterocycles. The number of hydrogen-bond donors (Lipinski definition) is 1. The number of nitrogens with zero attached hydrogens (tertiary/aromatic N) is 4. The van der Waals surface area contributed by atoms with Crippen molar-refractivity contribution in [2.75, 3.05) is 32.7 Å². The summed E-state index contributed by atoms with van der Waals surface area (Å²) in [6, 6.07) is 19.7. The van der Waals surface area contributed by atoms with E-state index >= 15 is 0 Å². The van der Waals surface area contributed by atoms with Crippen LogP contribution in [0.1, 0.15) is 5.56 Å². The lowest BCUT2D eigenvalue weighted by Gasteiger charge is -2.40. The van der Waals surface area contributed by atoms with Gasteiger partial charge in [-0.25, -0.2) is 9.78 Å². The summed E-state index contributed by atoms with van der Waals surface area (Å²) in [6.45, 7) is 6.40. The molecular weight excluding hydrogens is 426 g/mol. The summed E-state index contributed by atoms with van der Waals surface area (Å²) in [5.74, 6) is 1.01. The smallest absolute Gasteiger partial charge is 0.306 e. The molecule has 4 aromatic rings. The Hall–Kier alpha value is -3.55. The zero-order chi connectivity index (χ0) is 23.7. The molecule has 0 bridgehead atoms. The predicted octanol–water partition coefficient (Wildman–Crippen LogP) is 2.68. The summed E-state index contributed by atoms with van der Waals surface area (Å²) in [6.07, 6.45) is 1.86. The number of aryl methyl sites for hydroxylation is 1. The topological polar surface area (TPSA) is 68.9 Å². The summed E-state index contributed by atoms with van der Waals surface area (Å²) < 4.78 is 3.60. The molecule has 3 heterocycles. The maximum absolute atomic E-state index is 13.3. The van der Waals surface area contributed by atoms with Gasteiger partial charge in [0.1, 0.15) is 6.54 Å². The lowest BCUT2D eigenvalue weighted by atomic mass is 10.1. The fourth-order valence-corrected chi connectivity index (χ4v) is 5.13. The fourth-order valence-electron chi connectivity index (χ4n) is 5.13. The highest BCUT2D eigenvalue weighted by Gasteiger charge is 2.35. The van der Waals surface area contributed by atoms with Gasteiger partial charge in [-0.05, 0) is 30.0 Å². The van der Waals surface area contributed by atoms with Crippen LogP contribution in [0.25, 0.3) is 22.0 Å². The van der Waals surface area contributed by atoms with Crippen molar-refractivity contribution in [3.05, 3.63) is 93.3 Å². The number of rotatable bonds is 5. The van der Waals surface area contributed by atoms with Gasteiger partial charge in [-0.15, -0.1) is 0 Å². The number of hydrogen-bond acceptors (Lipinski definition) is 4. The van der Waals surface area contributed by atoms with Gasteiger partial charge in [0.2, 0.25) is 5.82 Å². The van der Waals surface area contributed by atoms with Crippen LogP contribution in [0, 0.1) is 6.92 Å². The van der Waals surface area contributed by atoms with Crippen molar-refractivity contribution >= 4 is 16.6 Å². The minimum Gasteiger partial charge on any atom is -0.306 e. The zero-order valence-electron chi connectivity index (χ0n) is 19.7. The summed E-state index contributed by atoms with van der Waals surface area (Å²) in [5, 5.41) is 5.72. The van der Waals surface area contributed by atoms with Crippen LogP contribution in [0.5, 0.6) is 0 Å². The first kappa shape index (κ1) is 22.3. The molecule has 1 saturated heterocycles. The van der Waals surface area contributed by atoms with Crippen molar-refractivity contribution in [3.8, 4) is 11.3 Å². The highest BCUT2D eigenvalue weighted by Crippen LogP contribution is 2.30. The Kier molecular flexibility index (Phi) is 5.89. The van der Waals surface area contributed by atoms with Crippen LogP contribution < -0.4 is 21.0 Å². The van der Waals surface area contributed by atoms with E-state index in [4.69, 9.17) is 4.98 Å². The van der Waals surface area contributed by atoms with Gasteiger partial charge in [-0.1, -0.05) is 42.5 Å². The summed E-state index contributed by atoms with van der Waals surface area (Å²) >= 11 is 0. The van der Waals surface area contributed by atoms with E-state index in [0.717, 1.165) is 53.9 Å². The Bertz CT molecular complexity index is 1460. The Morgan fingerprint density at radius 3 is 2.53 bits per heavy atom. The molecule has 0 spiro atoms. The average Bonchev–Trinajstić information content (AvgIpc) is 2.87. The summed E-state index contributed by atoms with van der Waals surface area (Å²) in [7, 11) is 1.74. The van der Waals surface area contributed by atoms with Crippen LogP contribution in [-0.4, -0.2) is 46.8 Å². The molecule has 0 amide bonds. The van der Waals surface area contributed by atoms with Crippen LogP contribution in [0.15, 0.2) is 76.4 Å². The first-order valence-corrected chi connectivity index (χ1v) is 11.8. The molecule has 1 fully saturated rings. The number of benzene rings is 2. The predicted molar refractivity (Wildman–Crippen MR) is 137 cm³/mol. The number of piperazine rings is 1. The van der Waals surface area contributed by atoms with Crippen molar-refractivity contribution in [2.45, 2.75) is 13.5 Å². The highest BCUT2D eigenvalue weighted by atomic mass is 16.2. The van der Waals surface area contributed by atoms with E-state index in [9.17, 15) is 9.59 Å². The molecule has 2 aromatic heterocycles. The van der Waals surface area contributed by atoms with Gasteiger partial charge >= 0.3 is 5.69 Å². The molecule has 0 radical (unpaired) electrons. The lowest BCUT2D eigenvalue weighted by Crippen LogP contribution is -2.62. The van der Waals surface area contributed by atoms with Gasteiger partial charge in [0.05, 0.1) is 30.7 Å². The van der Waals surface area contributed by atoms with E-state index in [2.05, 4.69) is 17.4 Å². The van der Waals surface area contributed by atoms with Gasteiger partial charge in [0.25, 0.3) is 5.56 Å². The average molecular weight is 457 g/mol. The van der Waals surface area contributed by atoms with E-state index in [1.807, 2.05) is 55.6 Å².